The molecule has 0 aromatic heterocycles. The summed E-state index contributed by atoms with van der Waals surface area (Å²) in [6.45, 7) is 18.9. The van der Waals surface area contributed by atoms with Gasteiger partial charge < -0.3 is 4.52 Å². The van der Waals surface area contributed by atoms with Gasteiger partial charge in [0.05, 0.1) is 6.10 Å². The van der Waals surface area contributed by atoms with Gasteiger partial charge in [-0.2, -0.15) is 0 Å². The van der Waals surface area contributed by atoms with E-state index in [-0.39, 0.29) is 6.10 Å². The van der Waals surface area contributed by atoms with E-state index in [4.69, 9.17) is 4.52 Å². The minimum absolute atomic E-state index is 0.140. The molecule has 0 unspecified atom stereocenters. The van der Waals surface area contributed by atoms with Gasteiger partial charge in [-0.25, -0.2) is 9.34 Å². The molecule has 0 bridgehead atoms. The summed E-state index contributed by atoms with van der Waals surface area (Å²) in [5, 5.41) is 0. The second-order valence-electron chi connectivity index (χ2n) is 15.3. The molecule has 6 aliphatic rings. The molecule has 2 heterocycles. The summed E-state index contributed by atoms with van der Waals surface area (Å²) in [5.74, 6) is 6.13. The Labute approximate surface area is 234 Å². The van der Waals surface area contributed by atoms with Gasteiger partial charge in [-0.3, -0.25) is 4.57 Å². The highest BCUT2D eigenvalue weighted by Gasteiger charge is 2.60. The average molecular weight is 545 g/mol. The lowest BCUT2D eigenvalue weighted by Crippen LogP contribution is -2.51. The van der Waals surface area contributed by atoms with Gasteiger partial charge in [0.2, 0.25) is 0 Å². The molecule has 5 heteroatoms. The van der Waals surface area contributed by atoms with E-state index in [2.05, 4.69) is 57.0 Å². The highest BCUT2D eigenvalue weighted by atomic mass is 31.2. The molecule has 2 saturated heterocycles. The molecule has 3 saturated carbocycles. The zero-order valence-corrected chi connectivity index (χ0v) is 26.4. The third-order valence-electron chi connectivity index (χ3n) is 13.1. The Morgan fingerprint density at radius 1 is 0.974 bits per heavy atom. The fourth-order valence-electron chi connectivity index (χ4n) is 10.5. The maximum absolute atomic E-state index is 13.7. The standard InChI is InChI=1S/C33H57N2O2P/c1-7-25(23(2)3)9-8-24(4)29-12-13-30-28-11-10-26-22-27(37-38(36,34-18-19-34)35-20-21-35)14-16-32(26,5)31(28)15-17-33(29,30)6/h10,23-25,27-31H,7-9,11-22H2,1-6H3/t24-,25-,27-,28+,29-,30+,31+,32-,33+/m0/s1. The van der Waals surface area contributed by atoms with Gasteiger partial charge in [0.15, 0.2) is 0 Å². The predicted molar refractivity (Wildman–Crippen MR) is 158 cm³/mol. The highest BCUT2D eigenvalue weighted by molar-refractivity contribution is 7.54. The molecule has 216 valence electrons. The van der Waals surface area contributed by atoms with Crippen molar-refractivity contribution in [2.24, 2.45) is 52.3 Å². The van der Waals surface area contributed by atoms with E-state index in [1.54, 1.807) is 5.57 Å². The summed E-state index contributed by atoms with van der Waals surface area (Å²) >= 11 is 0. The van der Waals surface area contributed by atoms with Crippen molar-refractivity contribution in [2.45, 2.75) is 118 Å². The molecule has 0 radical (unpaired) electrons. The fraction of sp³-hybridized carbons (Fsp3) is 0.939. The van der Waals surface area contributed by atoms with E-state index in [0.717, 1.165) is 80.4 Å². The Hall–Kier alpha value is -0.150. The second kappa shape index (κ2) is 10.3. The van der Waals surface area contributed by atoms with Crippen molar-refractivity contribution in [3.8, 4) is 0 Å². The van der Waals surface area contributed by atoms with E-state index in [9.17, 15) is 4.57 Å². The average Bonchev–Trinajstić information content (AvgIpc) is 3.79. The molecule has 4 nitrogen and oxygen atoms in total. The highest BCUT2D eigenvalue weighted by Crippen LogP contribution is 2.68. The molecule has 9 atom stereocenters. The van der Waals surface area contributed by atoms with Crippen LogP contribution in [-0.2, 0) is 9.09 Å². The van der Waals surface area contributed by atoms with E-state index < -0.39 is 7.67 Å². The molecule has 0 amide bonds. The zero-order chi connectivity index (χ0) is 26.9. The van der Waals surface area contributed by atoms with Gasteiger partial charge in [0.1, 0.15) is 0 Å². The van der Waals surface area contributed by atoms with E-state index >= 15 is 0 Å². The topological polar surface area (TPSA) is 32.3 Å². The Morgan fingerprint density at radius 3 is 2.32 bits per heavy atom. The van der Waals surface area contributed by atoms with Crippen molar-refractivity contribution in [1.29, 1.82) is 0 Å². The van der Waals surface area contributed by atoms with Crippen LogP contribution >= 0.6 is 7.67 Å². The van der Waals surface area contributed by atoms with E-state index in [0.29, 0.717) is 10.8 Å². The molecular formula is C33H57N2O2P. The minimum atomic E-state index is -2.73. The van der Waals surface area contributed by atoms with Crippen molar-refractivity contribution < 1.29 is 9.09 Å². The predicted octanol–water partition coefficient (Wildman–Crippen LogP) is 8.79. The van der Waals surface area contributed by atoms with Gasteiger partial charge >= 0.3 is 7.67 Å². The zero-order valence-electron chi connectivity index (χ0n) is 25.5. The quantitative estimate of drug-likeness (QED) is 0.156. The van der Waals surface area contributed by atoms with Crippen LogP contribution in [-0.4, -0.2) is 41.6 Å². The first-order valence-electron chi connectivity index (χ1n) is 16.6. The molecule has 2 aliphatic heterocycles. The van der Waals surface area contributed by atoms with Gasteiger partial charge in [0, 0.05) is 26.2 Å². The summed E-state index contributed by atoms with van der Waals surface area (Å²) in [6, 6.07) is 0. The summed E-state index contributed by atoms with van der Waals surface area (Å²) in [7, 11) is -2.73. The van der Waals surface area contributed by atoms with Crippen molar-refractivity contribution in [1.82, 2.24) is 9.34 Å². The molecule has 5 fully saturated rings. The molecule has 4 aliphatic carbocycles. The maximum Gasteiger partial charge on any atom is 0.346 e. The molecule has 0 aromatic carbocycles. The lowest BCUT2D eigenvalue weighted by Gasteiger charge is -2.58. The first-order chi connectivity index (χ1) is 18.1. The first kappa shape index (κ1) is 28.0. The largest absolute Gasteiger partial charge is 0.346 e. The Balaban J connectivity index is 1.13. The van der Waals surface area contributed by atoms with Crippen LogP contribution in [0, 0.1) is 52.3 Å². The SMILES string of the molecule is CC[C@@H](CC[C@H](C)[C@@H]1CC[C@@H]2[C@H]3CC=C4C[C@@H](OP(=O)(N5CC5)N5CC5)CC[C@]4(C)[C@@H]3CC[C@@]21C)C(C)C. The smallest absolute Gasteiger partial charge is 0.302 e. The van der Waals surface area contributed by atoms with Gasteiger partial charge in [-0.15, -0.1) is 0 Å². The summed E-state index contributed by atoms with van der Waals surface area (Å²) in [6.07, 6.45) is 17.4. The number of nitrogens with zero attached hydrogens (tertiary/aromatic N) is 2. The van der Waals surface area contributed by atoms with Crippen LogP contribution in [0.3, 0.4) is 0 Å². The molecule has 0 aromatic rings. The van der Waals surface area contributed by atoms with Crippen LogP contribution in [0.5, 0.6) is 0 Å². The van der Waals surface area contributed by atoms with Gasteiger partial charge in [-0.05, 0) is 110 Å². The Kier molecular flexibility index (Phi) is 7.58. The van der Waals surface area contributed by atoms with Crippen molar-refractivity contribution in [3.05, 3.63) is 11.6 Å². The van der Waals surface area contributed by atoms with E-state index in [1.165, 1.54) is 57.8 Å². The summed E-state index contributed by atoms with van der Waals surface area (Å²) in [4.78, 5) is 0. The van der Waals surface area contributed by atoms with Crippen LogP contribution in [0.2, 0.25) is 0 Å². The van der Waals surface area contributed by atoms with Crippen LogP contribution in [0.25, 0.3) is 0 Å². The van der Waals surface area contributed by atoms with Crippen LogP contribution < -0.4 is 0 Å². The van der Waals surface area contributed by atoms with Crippen molar-refractivity contribution >= 4 is 7.67 Å². The van der Waals surface area contributed by atoms with Crippen LogP contribution in [0.4, 0.5) is 0 Å². The number of hydrogen-bond acceptors (Lipinski definition) is 2. The first-order valence-corrected chi connectivity index (χ1v) is 18.1. The molecule has 0 N–H and O–H groups in total. The Bertz CT molecular complexity index is 941. The van der Waals surface area contributed by atoms with Gasteiger partial charge in [0.25, 0.3) is 0 Å². The Morgan fingerprint density at radius 2 is 1.68 bits per heavy atom. The van der Waals surface area contributed by atoms with Crippen LogP contribution in [0.15, 0.2) is 11.6 Å². The third-order valence-corrected chi connectivity index (χ3v) is 15.9. The molecule has 0 spiro atoms. The van der Waals surface area contributed by atoms with Crippen molar-refractivity contribution in [3.63, 3.8) is 0 Å². The number of rotatable bonds is 10. The lowest BCUT2D eigenvalue weighted by molar-refractivity contribution is -0.0564. The number of allylic oxidation sites excluding steroid dienone is 1. The van der Waals surface area contributed by atoms with Gasteiger partial charge in [-0.1, -0.05) is 66.0 Å². The summed E-state index contributed by atoms with van der Waals surface area (Å²) < 4.78 is 24.3. The number of fused-ring (bicyclic) bond motifs is 5. The van der Waals surface area contributed by atoms with Crippen molar-refractivity contribution in [2.75, 3.05) is 26.2 Å². The molecule has 6 rings (SSSR count). The monoisotopic (exact) mass is 544 g/mol. The number of hydrogen-bond donors (Lipinski definition) is 0. The molecular weight excluding hydrogens is 487 g/mol. The third kappa shape index (κ3) is 4.74. The maximum atomic E-state index is 13.7. The summed E-state index contributed by atoms with van der Waals surface area (Å²) in [5.41, 5.74) is 2.54. The normalized spacial score (nSPS) is 42.7. The minimum Gasteiger partial charge on any atom is -0.302 e. The van der Waals surface area contributed by atoms with E-state index in [1.807, 2.05) is 0 Å². The van der Waals surface area contributed by atoms with Crippen LogP contribution in [0.1, 0.15) is 112 Å². The molecule has 38 heavy (non-hydrogen) atoms. The lowest BCUT2D eigenvalue weighted by atomic mass is 9.47. The second-order valence-corrected chi connectivity index (χ2v) is 17.6. The fourth-order valence-corrected chi connectivity index (χ4v) is 12.9.